The van der Waals surface area contributed by atoms with Gasteiger partial charge in [-0.05, 0) is 49.2 Å². The van der Waals surface area contributed by atoms with Crippen LogP contribution in [0.5, 0.6) is 0 Å². The van der Waals surface area contributed by atoms with Crippen molar-refractivity contribution in [2.45, 2.75) is 31.6 Å². The molecule has 2 aromatic carbocycles. The Morgan fingerprint density at radius 1 is 1.00 bits per heavy atom. The van der Waals surface area contributed by atoms with Crippen molar-refractivity contribution < 1.29 is 13.2 Å². The van der Waals surface area contributed by atoms with Gasteiger partial charge in [0, 0.05) is 24.3 Å². The molecule has 0 bridgehead atoms. The summed E-state index contributed by atoms with van der Waals surface area (Å²) in [7, 11) is -3.85. The number of anilines is 1. The largest absolute Gasteiger partial charge is 0.339 e. The Morgan fingerprint density at radius 2 is 1.67 bits per heavy atom. The van der Waals surface area contributed by atoms with E-state index < -0.39 is 10.0 Å². The molecule has 0 radical (unpaired) electrons. The minimum absolute atomic E-state index is 0.00720. The van der Waals surface area contributed by atoms with Crippen LogP contribution >= 0.6 is 23.2 Å². The number of sulfonamides is 1. The molecule has 27 heavy (non-hydrogen) atoms. The molecule has 0 saturated heterocycles. The van der Waals surface area contributed by atoms with Crippen LogP contribution in [0.4, 0.5) is 5.69 Å². The number of benzene rings is 2. The normalized spacial score (nSPS) is 11.3. The van der Waals surface area contributed by atoms with Gasteiger partial charge in [-0.2, -0.15) is 0 Å². The van der Waals surface area contributed by atoms with Crippen molar-refractivity contribution in [3.63, 3.8) is 0 Å². The summed E-state index contributed by atoms with van der Waals surface area (Å²) >= 11 is 11.7. The molecule has 1 amide bonds. The Bertz CT molecular complexity index is 911. The molecule has 8 heteroatoms. The minimum Gasteiger partial charge on any atom is -0.339 e. The highest BCUT2D eigenvalue weighted by atomic mass is 35.5. The van der Waals surface area contributed by atoms with Crippen LogP contribution in [0.2, 0.25) is 10.0 Å². The molecular weight excluding hydrogens is 407 g/mol. The highest BCUT2D eigenvalue weighted by Crippen LogP contribution is 2.26. The SMILES string of the molecule is CCCN(CCC)C(=O)c1cccc(NS(=O)(=O)c2ccc(Cl)c(Cl)c2)c1. The Hall–Kier alpha value is -1.76. The van der Waals surface area contributed by atoms with E-state index in [-0.39, 0.29) is 20.8 Å². The van der Waals surface area contributed by atoms with E-state index in [9.17, 15) is 13.2 Å². The highest BCUT2D eigenvalue weighted by molar-refractivity contribution is 7.92. The lowest BCUT2D eigenvalue weighted by Gasteiger charge is -2.21. The molecule has 0 heterocycles. The smallest absolute Gasteiger partial charge is 0.261 e. The third-order valence-electron chi connectivity index (χ3n) is 3.84. The fourth-order valence-corrected chi connectivity index (χ4v) is 4.05. The van der Waals surface area contributed by atoms with E-state index in [0.717, 1.165) is 12.8 Å². The van der Waals surface area contributed by atoms with Gasteiger partial charge in [-0.25, -0.2) is 8.42 Å². The maximum absolute atomic E-state index is 12.7. The summed E-state index contributed by atoms with van der Waals surface area (Å²) < 4.78 is 27.6. The van der Waals surface area contributed by atoms with Gasteiger partial charge in [0.15, 0.2) is 0 Å². The number of nitrogens with zero attached hydrogens (tertiary/aromatic N) is 1. The Morgan fingerprint density at radius 3 is 2.26 bits per heavy atom. The summed E-state index contributed by atoms with van der Waals surface area (Å²) in [5.41, 5.74) is 0.742. The number of carbonyl (C=O) groups excluding carboxylic acids is 1. The van der Waals surface area contributed by atoms with E-state index in [0.29, 0.717) is 24.3 Å². The van der Waals surface area contributed by atoms with Gasteiger partial charge in [0.05, 0.1) is 14.9 Å². The van der Waals surface area contributed by atoms with Crippen molar-refractivity contribution in [2.75, 3.05) is 17.8 Å². The van der Waals surface area contributed by atoms with E-state index in [4.69, 9.17) is 23.2 Å². The van der Waals surface area contributed by atoms with E-state index in [1.54, 1.807) is 23.1 Å². The third-order valence-corrected chi connectivity index (χ3v) is 5.96. The molecule has 0 aromatic heterocycles. The maximum Gasteiger partial charge on any atom is 0.261 e. The van der Waals surface area contributed by atoms with E-state index in [2.05, 4.69) is 4.72 Å². The quantitative estimate of drug-likeness (QED) is 0.638. The summed E-state index contributed by atoms with van der Waals surface area (Å²) in [5.74, 6) is -0.116. The number of halogens is 2. The molecule has 1 N–H and O–H groups in total. The lowest BCUT2D eigenvalue weighted by Crippen LogP contribution is -2.32. The number of nitrogens with one attached hydrogen (secondary N) is 1. The van der Waals surface area contributed by atoms with E-state index in [1.165, 1.54) is 24.3 Å². The molecule has 0 atom stereocenters. The van der Waals surface area contributed by atoms with Gasteiger partial charge >= 0.3 is 0 Å². The number of amides is 1. The van der Waals surface area contributed by atoms with Gasteiger partial charge in [0.2, 0.25) is 0 Å². The Labute approximate surface area is 170 Å². The van der Waals surface area contributed by atoms with Crippen molar-refractivity contribution in [1.82, 2.24) is 4.90 Å². The minimum atomic E-state index is -3.85. The van der Waals surface area contributed by atoms with E-state index in [1.807, 2.05) is 13.8 Å². The van der Waals surface area contributed by atoms with Crippen molar-refractivity contribution in [1.29, 1.82) is 0 Å². The first-order valence-corrected chi connectivity index (χ1v) is 10.9. The van der Waals surface area contributed by atoms with Crippen molar-refractivity contribution >= 4 is 44.8 Å². The van der Waals surface area contributed by atoms with Crippen LogP contribution in [0.25, 0.3) is 0 Å². The van der Waals surface area contributed by atoms with Gasteiger partial charge in [-0.1, -0.05) is 43.1 Å². The van der Waals surface area contributed by atoms with Gasteiger partial charge < -0.3 is 4.90 Å². The first-order valence-electron chi connectivity index (χ1n) is 8.65. The summed E-state index contributed by atoms with van der Waals surface area (Å²) in [6.45, 7) is 5.34. The fourth-order valence-electron chi connectivity index (χ4n) is 2.61. The predicted molar refractivity (Wildman–Crippen MR) is 110 cm³/mol. The molecule has 0 spiro atoms. The van der Waals surface area contributed by atoms with Gasteiger partial charge in [0.1, 0.15) is 0 Å². The highest BCUT2D eigenvalue weighted by Gasteiger charge is 2.18. The number of hydrogen-bond acceptors (Lipinski definition) is 3. The summed E-state index contributed by atoms with van der Waals surface area (Å²) in [4.78, 5) is 14.5. The molecular formula is C19H22Cl2N2O3S. The van der Waals surface area contributed by atoms with Gasteiger partial charge in [0.25, 0.3) is 15.9 Å². The first-order chi connectivity index (χ1) is 12.8. The van der Waals surface area contributed by atoms with Gasteiger partial charge in [-0.3, -0.25) is 9.52 Å². The topological polar surface area (TPSA) is 66.5 Å². The van der Waals surface area contributed by atoms with Crippen LogP contribution in [0.3, 0.4) is 0 Å². The molecule has 0 aliphatic rings. The number of rotatable bonds is 8. The summed E-state index contributed by atoms with van der Waals surface area (Å²) in [6, 6.07) is 10.5. The molecule has 0 fully saturated rings. The average molecular weight is 429 g/mol. The molecule has 0 aliphatic carbocycles. The lowest BCUT2D eigenvalue weighted by molar-refractivity contribution is 0.0755. The summed E-state index contributed by atoms with van der Waals surface area (Å²) in [5, 5.41) is 0.424. The monoisotopic (exact) mass is 428 g/mol. The Kier molecular flexibility index (Phi) is 7.53. The Balaban J connectivity index is 2.26. The summed E-state index contributed by atoms with van der Waals surface area (Å²) in [6.07, 6.45) is 1.71. The van der Waals surface area contributed by atoms with Crippen LogP contribution in [0, 0.1) is 0 Å². The molecule has 146 valence electrons. The standard InChI is InChI=1S/C19H22Cl2N2O3S/c1-3-10-23(11-4-2)19(24)14-6-5-7-15(12-14)22-27(25,26)16-8-9-17(20)18(21)13-16/h5-9,12-13,22H,3-4,10-11H2,1-2H3. The number of carbonyl (C=O) groups is 1. The first kappa shape index (κ1) is 21.5. The molecule has 2 aromatic rings. The van der Waals surface area contributed by atoms with Gasteiger partial charge in [-0.15, -0.1) is 0 Å². The molecule has 0 aliphatic heterocycles. The van der Waals surface area contributed by atoms with Crippen molar-refractivity contribution in [2.24, 2.45) is 0 Å². The zero-order chi connectivity index (χ0) is 20.0. The van der Waals surface area contributed by atoms with Crippen LogP contribution in [0.1, 0.15) is 37.0 Å². The zero-order valence-corrected chi connectivity index (χ0v) is 17.5. The second-order valence-electron chi connectivity index (χ2n) is 6.05. The van der Waals surface area contributed by atoms with Crippen LogP contribution in [-0.2, 0) is 10.0 Å². The van der Waals surface area contributed by atoms with Crippen molar-refractivity contribution in [3.8, 4) is 0 Å². The van der Waals surface area contributed by atoms with Crippen molar-refractivity contribution in [3.05, 3.63) is 58.1 Å². The average Bonchev–Trinajstić information content (AvgIpc) is 2.63. The number of hydrogen-bond donors (Lipinski definition) is 1. The zero-order valence-electron chi connectivity index (χ0n) is 15.2. The molecule has 2 rings (SSSR count). The van der Waals surface area contributed by atoms with Crippen LogP contribution in [-0.4, -0.2) is 32.3 Å². The van der Waals surface area contributed by atoms with E-state index >= 15 is 0 Å². The lowest BCUT2D eigenvalue weighted by atomic mass is 10.1. The molecule has 0 saturated carbocycles. The van der Waals surface area contributed by atoms with Crippen LogP contribution in [0.15, 0.2) is 47.4 Å². The second kappa shape index (κ2) is 9.44. The second-order valence-corrected chi connectivity index (χ2v) is 8.55. The molecule has 5 nitrogen and oxygen atoms in total. The predicted octanol–water partition coefficient (Wildman–Crippen LogP) is 5.06. The fraction of sp³-hybridized carbons (Fsp3) is 0.316. The third kappa shape index (κ3) is 5.61. The van der Waals surface area contributed by atoms with Crippen LogP contribution < -0.4 is 4.72 Å². The maximum atomic E-state index is 12.7. The molecule has 0 unspecified atom stereocenters.